The third-order valence-corrected chi connectivity index (χ3v) is 2.83. The van der Waals surface area contributed by atoms with Gasteiger partial charge in [-0.1, -0.05) is 0 Å². The molecule has 0 fully saturated rings. The normalized spacial score (nSPS) is 10.2. The smallest absolute Gasteiger partial charge is 0.293 e. The van der Waals surface area contributed by atoms with Crippen LogP contribution in [0.2, 0.25) is 0 Å². The van der Waals surface area contributed by atoms with Crippen molar-refractivity contribution in [1.29, 1.82) is 0 Å². The highest BCUT2D eigenvalue weighted by atomic mass is 16.6. The van der Waals surface area contributed by atoms with E-state index in [-0.39, 0.29) is 17.3 Å². The highest BCUT2D eigenvalue weighted by molar-refractivity contribution is 5.95. The zero-order chi connectivity index (χ0) is 15.1. The van der Waals surface area contributed by atoms with Crippen molar-refractivity contribution in [2.24, 2.45) is 5.84 Å². The largest absolute Gasteiger partial charge is 0.383 e. The van der Waals surface area contributed by atoms with Crippen LogP contribution < -0.4 is 11.3 Å². The van der Waals surface area contributed by atoms with Gasteiger partial charge in [0.05, 0.1) is 11.5 Å². The van der Waals surface area contributed by atoms with Crippen LogP contribution in [-0.4, -0.2) is 42.5 Å². The molecule has 20 heavy (non-hydrogen) atoms. The molecular weight excluding hydrogens is 264 g/mol. The van der Waals surface area contributed by atoms with Gasteiger partial charge < -0.3 is 15.1 Å². The van der Waals surface area contributed by atoms with Crippen molar-refractivity contribution in [1.82, 2.24) is 4.90 Å². The van der Waals surface area contributed by atoms with Crippen LogP contribution in [0.1, 0.15) is 17.3 Å². The molecule has 0 saturated heterocycles. The number of rotatable bonds is 7. The summed E-state index contributed by atoms with van der Waals surface area (Å²) < 4.78 is 4.94. The molecule has 0 aliphatic heterocycles. The summed E-state index contributed by atoms with van der Waals surface area (Å²) in [5.74, 6) is 5.02. The van der Waals surface area contributed by atoms with E-state index < -0.39 is 4.92 Å². The van der Waals surface area contributed by atoms with Crippen molar-refractivity contribution in [2.45, 2.75) is 6.92 Å². The van der Waals surface area contributed by atoms with E-state index in [4.69, 9.17) is 10.6 Å². The van der Waals surface area contributed by atoms with Crippen molar-refractivity contribution in [3.05, 3.63) is 33.9 Å². The average molecular weight is 282 g/mol. The molecule has 0 atom stereocenters. The van der Waals surface area contributed by atoms with Crippen LogP contribution in [0.15, 0.2) is 18.2 Å². The average Bonchev–Trinajstić information content (AvgIpc) is 2.46. The van der Waals surface area contributed by atoms with Crippen LogP contribution in [0.3, 0.4) is 0 Å². The van der Waals surface area contributed by atoms with Crippen molar-refractivity contribution < 1.29 is 14.5 Å². The molecule has 1 aromatic rings. The Hall–Kier alpha value is -2.19. The summed E-state index contributed by atoms with van der Waals surface area (Å²) in [6, 6.07) is 4.04. The lowest BCUT2D eigenvalue weighted by atomic mass is 10.1. The Balaban J connectivity index is 3.01. The van der Waals surface area contributed by atoms with E-state index in [9.17, 15) is 14.9 Å². The summed E-state index contributed by atoms with van der Waals surface area (Å²) in [5, 5.41) is 10.8. The number of nitrogens with zero attached hydrogens (tertiary/aromatic N) is 2. The lowest BCUT2D eigenvalue weighted by molar-refractivity contribution is -0.384. The maximum Gasteiger partial charge on any atom is 0.293 e. The molecule has 1 rings (SSSR count). The second-order valence-corrected chi connectivity index (χ2v) is 4.01. The van der Waals surface area contributed by atoms with Gasteiger partial charge in [0.2, 0.25) is 0 Å². The Kier molecular flexibility index (Phi) is 5.88. The second kappa shape index (κ2) is 7.41. The highest BCUT2D eigenvalue weighted by Gasteiger charge is 2.19. The standard InChI is InChI=1S/C12H18N4O4/c1-3-15(6-7-20-2)12(17)9-4-5-11(16(18)19)10(8-9)14-13/h4-5,8,14H,3,6-7,13H2,1-2H3. The van der Waals surface area contributed by atoms with Crippen LogP contribution in [0.4, 0.5) is 11.4 Å². The number of hydrazine groups is 1. The predicted octanol–water partition coefficient (Wildman–Crippen LogP) is 0.989. The predicted molar refractivity (Wildman–Crippen MR) is 74.4 cm³/mol. The number of amides is 1. The molecule has 8 nitrogen and oxygen atoms in total. The minimum absolute atomic E-state index is 0.101. The molecule has 0 aliphatic rings. The number of nitrogens with one attached hydrogen (secondary N) is 1. The number of nitro groups is 1. The molecule has 0 saturated carbocycles. The molecule has 0 spiro atoms. The Labute approximate surface area is 116 Å². The van der Waals surface area contributed by atoms with E-state index in [2.05, 4.69) is 5.43 Å². The number of likely N-dealkylation sites (N-methyl/N-ethyl adjacent to an activating group) is 1. The van der Waals surface area contributed by atoms with Crippen LogP contribution in [0.25, 0.3) is 0 Å². The van der Waals surface area contributed by atoms with E-state index in [0.29, 0.717) is 25.3 Å². The zero-order valence-corrected chi connectivity index (χ0v) is 11.5. The lowest BCUT2D eigenvalue weighted by Gasteiger charge is -2.20. The molecule has 0 heterocycles. The van der Waals surface area contributed by atoms with Gasteiger partial charge in [-0.15, -0.1) is 0 Å². The molecule has 0 unspecified atom stereocenters. The highest BCUT2D eigenvalue weighted by Crippen LogP contribution is 2.25. The van der Waals surface area contributed by atoms with E-state index in [0.717, 1.165) is 0 Å². The molecule has 0 bridgehead atoms. The first-order valence-corrected chi connectivity index (χ1v) is 6.08. The van der Waals surface area contributed by atoms with E-state index in [1.165, 1.54) is 18.2 Å². The van der Waals surface area contributed by atoms with Gasteiger partial charge in [-0.25, -0.2) is 0 Å². The fraction of sp³-hybridized carbons (Fsp3) is 0.417. The molecule has 8 heteroatoms. The van der Waals surface area contributed by atoms with Crippen LogP contribution in [0.5, 0.6) is 0 Å². The lowest BCUT2D eigenvalue weighted by Crippen LogP contribution is -2.33. The van der Waals surface area contributed by atoms with Gasteiger partial charge in [0.25, 0.3) is 11.6 Å². The molecule has 0 aromatic heterocycles. The summed E-state index contributed by atoms with van der Waals surface area (Å²) in [5.41, 5.74) is 2.49. The minimum Gasteiger partial charge on any atom is -0.383 e. The third-order valence-electron chi connectivity index (χ3n) is 2.83. The number of ether oxygens (including phenoxy) is 1. The number of nitrogens with two attached hydrogens (primary N) is 1. The monoisotopic (exact) mass is 282 g/mol. The minimum atomic E-state index is -0.564. The van der Waals surface area contributed by atoms with Crippen LogP contribution in [-0.2, 0) is 4.74 Å². The number of hydrogen-bond acceptors (Lipinski definition) is 6. The van der Waals surface area contributed by atoms with Gasteiger partial charge >= 0.3 is 0 Å². The molecule has 1 amide bonds. The summed E-state index contributed by atoms with van der Waals surface area (Å²) in [6.45, 7) is 3.24. The SMILES string of the molecule is CCN(CCOC)C(=O)c1ccc([N+](=O)[O-])c(NN)c1. The Morgan fingerprint density at radius 3 is 2.75 bits per heavy atom. The summed E-state index contributed by atoms with van der Waals surface area (Å²) in [7, 11) is 1.56. The number of hydrogen-bond donors (Lipinski definition) is 2. The van der Waals surface area contributed by atoms with Crippen LogP contribution in [0, 0.1) is 10.1 Å². The second-order valence-electron chi connectivity index (χ2n) is 4.01. The van der Waals surface area contributed by atoms with Gasteiger partial charge in [0.15, 0.2) is 0 Å². The van der Waals surface area contributed by atoms with Crippen molar-refractivity contribution in [2.75, 3.05) is 32.2 Å². The summed E-state index contributed by atoms with van der Waals surface area (Å²) in [6.07, 6.45) is 0. The molecule has 110 valence electrons. The topological polar surface area (TPSA) is 111 Å². The number of benzene rings is 1. The Morgan fingerprint density at radius 1 is 1.55 bits per heavy atom. The molecule has 1 aromatic carbocycles. The van der Waals surface area contributed by atoms with Crippen molar-refractivity contribution >= 4 is 17.3 Å². The molecule has 0 radical (unpaired) electrons. The van der Waals surface area contributed by atoms with Gasteiger partial charge in [0.1, 0.15) is 5.69 Å². The third kappa shape index (κ3) is 3.65. The van der Waals surface area contributed by atoms with Crippen LogP contribution >= 0.6 is 0 Å². The molecule has 3 N–H and O–H groups in total. The number of methoxy groups -OCH3 is 1. The first-order chi connectivity index (χ1) is 9.54. The fourth-order valence-electron chi connectivity index (χ4n) is 1.73. The zero-order valence-electron chi connectivity index (χ0n) is 11.5. The first-order valence-electron chi connectivity index (χ1n) is 6.08. The Bertz CT molecular complexity index is 492. The quantitative estimate of drug-likeness (QED) is 0.438. The fourth-order valence-corrected chi connectivity index (χ4v) is 1.73. The maximum absolute atomic E-state index is 12.3. The van der Waals surface area contributed by atoms with E-state index in [1.54, 1.807) is 12.0 Å². The number of carbonyl (C=O) groups excluding carboxylic acids is 1. The number of nitrogen functional groups attached to an aromatic ring is 1. The molecule has 0 aliphatic carbocycles. The molecular formula is C12H18N4O4. The van der Waals surface area contributed by atoms with Gasteiger partial charge in [0, 0.05) is 31.8 Å². The van der Waals surface area contributed by atoms with Gasteiger partial charge in [-0.2, -0.15) is 0 Å². The van der Waals surface area contributed by atoms with Gasteiger partial charge in [-0.05, 0) is 19.1 Å². The van der Waals surface area contributed by atoms with Crippen molar-refractivity contribution in [3.63, 3.8) is 0 Å². The number of nitro benzene ring substituents is 1. The van der Waals surface area contributed by atoms with Gasteiger partial charge in [-0.3, -0.25) is 20.8 Å². The Morgan fingerprint density at radius 2 is 2.25 bits per heavy atom. The summed E-state index contributed by atoms with van der Waals surface area (Å²) in [4.78, 5) is 24.1. The van der Waals surface area contributed by atoms with Crippen molar-refractivity contribution in [3.8, 4) is 0 Å². The summed E-state index contributed by atoms with van der Waals surface area (Å²) >= 11 is 0. The first kappa shape index (κ1) is 15.9. The van der Waals surface area contributed by atoms with E-state index >= 15 is 0 Å². The maximum atomic E-state index is 12.3. The number of carbonyl (C=O) groups is 1. The number of anilines is 1. The van der Waals surface area contributed by atoms with E-state index in [1.807, 2.05) is 6.92 Å².